The van der Waals surface area contributed by atoms with Crippen molar-refractivity contribution < 1.29 is 14.7 Å². The van der Waals surface area contributed by atoms with Crippen molar-refractivity contribution in [3.63, 3.8) is 0 Å². The fourth-order valence-electron chi connectivity index (χ4n) is 5.17. The Morgan fingerprint density at radius 1 is 1.21 bits per heavy atom. The van der Waals surface area contributed by atoms with Crippen molar-refractivity contribution in [2.75, 3.05) is 11.9 Å². The molecule has 1 aromatic carbocycles. The zero-order chi connectivity index (χ0) is 24.0. The number of nitrogens with zero attached hydrogens (tertiary/aromatic N) is 2. The molecule has 8 nitrogen and oxygen atoms in total. The van der Waals surface area contributed by atoms with Crippen LogP contribution >= 0.6 is 0 Å². The summed E-state index contributed by atoms with van der Waals surface area (Å²) in [5, 5.41) is 23.1. The zero-order valence-corrected chi connectivity index (χ0v) is 21.2. The predicted molar refractivity (Wildman–Crippen MR) is 130 cm³/mol. The SMILES string of the molecule is CC1(C)c2[nH]nc(NC(=O)C3([Si](C)(C)C)CCC3)c2CN1C(=O)N[C@H](CO)c1ccccc1. The molecule has 1 atom stereocenters. The average Bonchev–Trinajstić information content (AvgIpc) is 3.23. The van der Waals surface area contributed by atoms with Crippen molar-refractivity contribution in [3.8, 4) is 0 Å². The number of anilines is 1. The van der Waals surface area contributed by atoms with Gasteiger partial charge in [0.05, 0.1) is 38.5 Å². The van der Waals surface area contributed by atoms with E-state index in [-0.39, 0.29) is 23.6 Å². The third-order valence-corrected chi connectivity index (χ3v) is 11.3. The van der Waals surface area contributed by atoms with Crippen LogP contribution in [0.4, 0.5) is 10.6 Å². The molecular weight excluding hydrogens is 434 g/mol. The molecule has 1 fully saturated rings. The summed E-state index contributed by atoms with van der Waals surface area (Å²) in [7, 11) is -1.71. The Morgan fingerprint density at radius 2 is 1.88 bits per heavy atom. The van der Waals surface area contributed by atoms with Crippen molar-refractivity contribution in [1.29, 1.82) is 0 Å². The fraction of sp³-hybridized carbons (Fsp3) is 0.542. The first-order chi connectivity index (χ1) is 15.5. The molecule has 1 saturated carbocycles. The van der Waals surface area contributed by atoms with Crippen LogP contribution in [-0.4, -0.2) is 46.8 Å². The van der Waals surface area contributed by atoms with Gasteiger partial charge in [-0.3, -0.25) is 9.89 Å². The number of H-pyrrole nitrogens is 1. The number of aromatic amines is 1. The van der Waals surface area contributed by atoms with E-state index in [1.54, 1.807) is 4.90 Å². The summed E-state index contributed by atoms with van der Waals surface area (Å²) in [5.41, 5.74) is 1.87. The first-order valence-electron chi connectivity index (χ1n) is 11.6. The molecule has 2 aliphatic rings. The van der Waals surface area contributed by atoms with Crippen molar-refractivity contribution in [2.45, 2.75) is 75.9 Å². The predicted octanol–water partition coefficient (Wildman–Crippen LogP) is 4.10. The fourth-order valence-corrected chi connectivity index (χ4v) is 7.76. The second-order valence-electron chi connectivity index (χ2n) is 10.8. The van der Waals surface area contributed by atoms with E-state index < -0.39 is 19.7 Å². The van der Waals surface area contributed by atoms with Crippen LogP contribution in [0.3, 0.4) is 0 Å². The number of aromatic nitrogens is 2. The molecule has 0 bridgehead atoms. The number of carbonyl (C=O) groups is 2. The van der Waals surface area contributed by atoms with E-state index in [1.165, 1.54) is 0 Å². The molecule has 0 unspecified atom stereocenters. The van der Waals surface area contributed by atoms with Crippen LogP contribution in [0, 0.1) is 0 Å². The minimum atomic E-state index is -1.71. The summed E-state index contributed by atoms with van der Waals surface area (Å²) in [5.74, 6) is 0.581. The number of aliphatic hydroxyl groups excluding tert-OH is 1. The quantitative estimate of drug-likeness (QED) is 0.477. The van der Waals surface area contributed by atoms with Gasteiger partial charge in [0, 0.05) is 10.6 Å². The highest BCUT2D eigenvalue weighted by Gasteiger charge is 2.54. The van der Waals surface area contributed by atoms with Crippen LogP contribution in [0.2, 0.25) is 24.7 Å². The molecule has 2 heterocycles. The normalized spacial score (nSPS) is 19.4. The van der Waals surface area contributed by atoms with Gasteiger partial charge < -0.3 is 20.6 Å². The van der Waals surface area contributed by atoms with E-state index in [0.29, 0.717) is 12.4 Å². The summed E-state index contributed by atoms with van der Waals surface area (Å²) in [6.45, 7) is 10.8. The van der Waals surface area contributed by atoms with Crippen LogP contribution in [0.5, 0.6) is 0 Å². The maximum Gasteiger partial charge on any atom is 0.319 e. The van der Waals surface area contributed by atoms with E-state index in [0.717, 1.165) is 36.1 Å². The molecule has 0 saturated heterocycles. The number of fused-ring (bicyclic) bond motifs is 1. The molecule has 1 aromatic heterocycles. The monoisotopic (exact) mass is 469 g/mol. The summed E-state index contributed by atoms with van der Waals surface area (Å²) in [4.78, 5) is 28.3. The number of rotatable bonds is 6. The lowest BCUT2D eigenvalue weighted by Gasteiger charge is -2.48. The number of aliphatic hydroxyl groups is 1. The minimum Gasteiger partial charge on any atom is -0.394 e. The van der Waals surface area contributed by atoms with Crippen LogP contribution < -0.4 is 10.6 Å². The smallest absolute Gasteiger partial charge is 0.319 e. The van der Waals surface area contributed by atoms with E-state index >= 15 is 0 Å². The molecular formula is C24H35N5O3Si. The second-order valence-corrected chi connectivity index (χ2v) is 16.3. The van der Waals surface area contributed by atoms with Gasteiger partial charge in [0.15, 0.2) is 5.82 Å². The molecule has 1 aliphatic carbocycles. The molecule has 0 spiro atoms. The van der Waals surface area contributed by atoms with E-state index in [1.807, 2.05) is 44.2 Å². The largest absolute Gasteiger partial charge is 0.394 e. The van der Waals surface area contributed by atoms with Crippen LogP contribution in [0.15, 0.2) is 30.3 Å². The molecule has 3 amide bonds. The van der Waals surface area contributed by atoms with Gasteiger partial charge >= 0.3 is 6.03 Å². The Morgan fingerprint density at radius 3 is 2.42 bits per heavy atom. The maximum absolute atomic E-state index is 13.3. The molecule has 4 rings (SSSR count). The van der Waals surface area contributed by atoms with E-state index in [9.17, 15) is 14.7 Å². The molecule has 33 heavy (non-hydrogen) atoms. The Kier molecular flexibility index (Phi) is 5.90. The van der Waals surface area contributed by atoms with Gasteiger partial charge in [-0.15, -0.1) is 0 Å². The van der Waals surface area contributed by atoms with Gasteiger partial charge in [-0.1, -0.05) is 56.4 Å². The number of hydrogen-bond donors (Lipinski definition) is 4. The second kappa shape index (κ2) is 8.29. The number of urea groups is 1. The van der Waals surface area contributed by atoms with Crippen molar-refractivity contribution >= 4 is 25.8 Å². The highest BCUT2D eigenvalue weighted by molar-refractivity contribution is 6.83. The number of benzene rings is 1. The van der Waals surface area contributed by atoms with Gasteiger partial charge in [0.25, 0.3) is 0 Å². The lowest BCUT2D eigenvalue weighted by atomic mass is 9.83. The van der Waals surface area contributed by atoms with Gasteiger partial charge in [-0.05, 0) is 32.3 Å². The molecule has 4 N–H and O–H groups in total. The van der Waals surface area contributed by atoms with Gasteiger partial charge in [-0.25, -0.2) is 4.79 Å². The average molecular weight is 470 g/mol. The van der Waals surface area contributed by atoms with Crippen LogP contribution in [0.1, 0.15) is 56.0 Å². The highest BCUT2D eigenvalue weighted by Crippen LogP contribution is 2.56. The standard InChI is InChI=1S/C24H35N5O3Si/c1-23(2)19-17(14-29(23)22(32)25-18(15-30)16-10-7-6-8-11-16)20(28-27-19)26-21(31)24(12-9-13-24)33(3,4)5/h6-8,10-11,18,30H,9,12-15H2,1-5H3,(H,25,32)(H2,26,27,28,31)/t18-/m1/s1. The van der Waals surface area contributed by atoms with Crippen LogP contribution in [-0.2, 0) is 16.9 Å². The number of carbonyl (C=O) groups excluding carboxylic acids is 2. The summed E-state index contributed by atoms with van der Waals surface area (Å²) < 4.78 is 0. The lowest BCUT2D eigenvalue weighted by Crippen LogP contribution is -2.52. The lowest BCUT2D eigenvalue weighted by molar-refractivity contribution is -0.121. The topological polar surface area (TPSA) is 110 Å². The first-order valence-corrected chi connectivity index (χ1v) is 15.1. The first kappa shape index (κ1) is 23.5. The number of nitrogens with one attached hydrogen (secondary N) is 3. The molecule has 1 aliphatic heterocycles. The maximum atomic E-state index is 13.3. The number of amides is 3. The van der Waals surface area contributed by atoms with E-state index in [4.69, 9.17) is 0 Å². The minimum absolute atomic E-state index is 0.0624. The molecule has 2 aromatic rings. The third kappa shape index (κ3) is 3.87. The van der Waals surface area contributed by atoms with Crippen molar-refractivity contribution in [1.82, 2.24) is 20.4 Å². The van der Waals surface area contributed by atoms with Crippen LogP contribution in [0.25, 0.3) is 0 Å². The Labute approximate surface area is 196 Å². The van der Waals surface area contributed by atoms with Gasteiger partial charge in [-0.2, -0.15) is 5.10 Å². The van der Waals surface area contributed by atoms with Gasteiger partial charge in [0.1, 0.15) is 0 Å². The Balaban J connectivity index is 1.52. The summed E-state index contributed by atoms with van der Waals surface area (Å²) in [6.07, 6.45) is 2.96. The van der Waals surface area contributed by atoms with E-state index in [2.05, 4.69) is 40.5 Å². The summed E-state index contributed by atoms with van der Waals surface area (Å²) in [6, 6.07) is 8.64. The molecule has 0 radical (unpaired) electrons. The zero-order valence-electron chi connectivity index (χ0n) is 20.2. The number of hydrogen-bond acceptors (Lipinski definition) is 4. The van der Waals surface area contributed by atoms with Gasteiger partial charge in [0.2, 0.25) is 5.91 Å². The van der Waals surface area contributed by atoms with Crippen molar-refractivity contribution in [2.24, 2.45) is 0 Å². The highest BCUT2D eigenvalue weighted by atomic mass is 28.3. The molecule has 9 heteroatoms. The summed E-state index contributed by atoms with van der Waals surface area (Å²) >= 11 is 0. The Bertz CT molecular complexity index is 1040. The Hall–Kier alpha value is -2.65. The van der Waals surface area contributed by atoms with Crippen molar-refractivity contribution in [3.05, 3.63) is 47.2 Å². The third-order valence-electron chi connectivity index (χ3n) is 7.71. The molecule has 178 valence electrons.